The maximum atomic E-state index is 10.1. The Morgan fingerprint density at radius 2 is 0.600 bits per heavy atom. The summed E-state index contributed by atoms with van der Waals surface area (Å²) in [6.45, 7) is 20.2. The molecule has 0 aliphatic carbocycles. The molecule has 0 amide bonds. The highest BCUT2D eigenvalue weighted by atomic mass is 16.5. The minimum Gasteiger partial charge on any atom is -0.497 e. The number of methoxy groups -OCH3 is 2. The van der Waals surface area contributed by atoms with Gasteiger partial charge in [0.05, 0.1) is 97.5 Å². The Morgan fingerprint density at radius 1 is 0.333 bits per heavy atom. The van der Waals surface area contributed by atoms with Gasteiger partial charge >= 0.3 is 0 Å². The summed E-state index contributed by atoms with van der Waals surface area (Å²) in [6.07, 6.45) is 22.3. The molecule has 18 heterocycles. The number of ether oxygens (including phenoxy) is 6. The summed E-state index contributed by atoms with van der Waals surface area (Å²) in [5.41, 5.74) is 10.5. The van der Waals surface area contributed by atoms with Gasteiger partial charge in [-0.1, -0.05) is 89.8 Å². The highest BCUT2D eigenvalue weighted by Crippen LogP contribution is 2.50. The van der Waals surface area contributed by atoms with Gasteiger partial charge in [-0.25, -0.2) is 0 Å². The van der Waals surface area contributed by atoms with Gasteiger partial charge in [-0.2, -0.15) is 0 Å². The summed E-state index contributed by atoms with van der Waals surface area (Å²) in [6, 6.07) is 51.0. The molecule has 12 fully saturated rings. The maximum absolute atomic E-state index is 10.1. The summed E-state index contributed by atoms with van der Waals surface area (Å²) in [4.78, 5) is 29.8. The van der Waals surface area contributed by atoms with E-state index in [0.717, 1.165) is 213 Å². The molecule has 12 saturated heterocycles. The highest BCUT2D eigenvalue weighted by Gasteiger charge is 2.48. The minimum atomic E-state index is -0.00928. The topological polar surface area (TPSA) is 212 Å². The van der Waals surface area contributed by atoms with Crippen LogP contribution in [0.1, 0.15) is 162 Å². The van der Waals surface area contributed by atoms with Crippen LogP contribution in [-0.2, 0) is 13.2 Å². The van der Waals surface area contributed by atoms with Gasteiger partial charge in [0.1, 0.15) is 11.5 Å². The van der Waals surface area contributed by atoms with Gasteiger partial charge in [0, 0.05) is 120 Å². The summed E-state index contributed by atoms with van der Waals surface area (Å²) in [7, 11) is 3.44. The van der Waals surface area contributed by atoms with E-state index in [9.17, 15) is 10.2 Å². The smallest absolute Gasteiger partial charge is 0.241 e. The Kier molecular flexibility index (Phi) is 23.5. The van der Waals surface area contributed by atoms with Gasteiger partial charge in [-0.15, -0.1) is 20.4 Å². The summed E-state index contributed by atoms with van der Waals surface area (Å²) in [5.74, 6) is 9.95. The van der Waals surface area contributed by atoms with Crippen LogP contribution in [0.25, 0.3) is 65.2 Å². The average molecular weight is 1610 g/mol. The molecule has 624 valence electrons. The van der Waals surface area contributed by atoms with E-state index in [0.29, 0.717) is 74.1 Å². The molecule has 20 atom stereocenters. The largest absolute Gasteiger partial charge is 0.497 e. The van der Waals surface area contributed by atoms with Crippen molar-refractivity contribution in [3.63, 3.8) is 0 Å². The number of aliphatic hydroxyl groups is 2. The van der Waals surface area contributed by atoms with Crippen molar-refractivity contribution in [1.29, 1.82) is 0 Å². The number of piperidine rings is 12. The zero-order valence-electron chi connectivity index (χ0n) is 70.5. The van der Waals surface area contributed by atoms with E-state index in [1.165, 1.54) is 73.6 Å². The summed E-state index contributed by atoms with van der Waals surface area (Å²) >= 11 is 0. The van der Waals surface area contributed by atoms with E-state index in [-0.39, 0.29) is 36.9 Å². The number of hydrogen-bond donors (Lipinski definition) is 2. The first kappa shape index (κ1) is 80.0. The van der Waals surface area contributed by atoms with Crippen molar-refractivity contribution < 1.29 is 38.6 Å². The lowest BCUT2D eigenvalue weighted by Gasteiger charge is -2.52. The number of pyridine rings is 4. The fourth-order valence-corrected chi connectivity index (χ4v) is 23.6. The zero-order valence-corrected chi connectivity index (χ0v) is 70.5. The van der Waals surface area contributed by atoms with E-state index in [2.05, 4.69) is 132 Å². The van der Waals surface area contributed by atoms with Crippen LogP contribution in [0.15, 0.2) is 170 Å². The number of aromatic nitrogens is 8. The Labute approximate surface area is 704 Å². The second kappa shape index (κ2) is 35.3. The van der Waals surface area contributed by atoms with Gasteiger partial charge in [0.25, 0.3) is 0 Å². The molecule has 12 aliphatic heterocycles. The van der Waals surface area contributed by atoms with Gasteiger partial charge in [0.2, 0.25) is 23.5 Å². The molecular weight excluding hydrogens is 1500 g/mol. The molecule has 8 bridgehead atoms. The van der Waals surface area contributed by atoms with Crippen molar-refractivity contribution in [2.24, 2.45) is 47.3 Å². The van der Waals surface area contributed by atoms with Crippen molar-refractivity contribution in [1.82, 2.24) is 59.9 Å². The van der Waals surface area contributed by atoms with E-state index in [4.69, 9.17) is 68.8 Å². The summed E-state index contributed by atoms with van der Waals surface area (Å²) in [5, 5.41) is 47.3. The highest BCUT2D eigenvalue weighted by molar-refractivity contribution is 5.92. The standard InChI is InChI=1S/2C50H58N6O4/c2*1-4-32-26-55-20-16-34(32)23-47(55)43(37-14-18-51-45-12-10-31(28-57)22-41(37)45)29-59-49-39-8-6-7-9-40(39)50(54-53-49)60-30-44(48-24-35-17-21-56(48)27-33(35)5-2)38-15-19-52-46-13-11-36(58-3)25-42(38)46/h2*6-15,18-19,22,25,32-35,43-44,47-48,57H,4-5,16-17,20-21,23-24,26-30H2,1-3H3/t32?,33?,34?,35-,43-,44-,47+,48+;32?,33?,34-,35?,43+,44+,47-,48?/m11/s1. The lowest BCUT2D eigenvalue weighted by molar-refractivity contribution is -0.0177. The van der Waals surface area contributed by atoms with Crippen LogP contribution in [0.2, 0.25) is 0 Å². The van der Waals surface area contributed by atoms with Crippen LogP contribution >= 0.6 is 0 Å². The van der Waals surface area contributed by atoms with Gasteiger partial charge in [-0.3, -0.25) is 39.5 Å². The fourth-order valence-electron chi connectivity index (χ4n) is 23.6. The lowest BCUT2D eigenvalue weighted by Crippen LogP contribution is -2.55. The molecule has 2 N–H and O–H groups in total. The number of fused-ring (bicyclic) bond motifs is 18. The number of benzene rings is 6. The summed E-state index contributed by atoms with van der Waals surface area (Å²) < 4.78 is 38.9. The van der Waals surface area contributed by atoms with Gasteiger partial charge < -0.3 is 38.6 Å². The molecule has 24 rings (SSSR count). The molecule has 12 aromatic rings. The molecule has 6 aromatic carbocycles. The van der Waals surface area contributed by atoms with Crippen molar-refractivity contribution >= 4 is 65.2 Å². The average Bonchev–Trinajstić information content (AvgIpc) is 0.770. The molecular formula is C100H116N12O8. The molecule has 11 unspecified atom stereocenters. The Balaban J connectivity index is 0.000000159. The first-order chi connectivity index (χ1) is 59.1. The molecule has 20 nitrogen and oxygen atoms in total. The van der Waals surface area contributed by atoms with E-state index in [1.54, 1.807) is 14.2 Å². The molecule has 0 spiro atoms. The number of aliphatic hydroxyl groups excluding tert-OH is 2. The van der Waals surface area contributed by atoms with Crippen LogP contribution in [0.3, 0.4) is 0 Å². The lowest BCUT2D eigenvalue weighted by atomic mass is 9.70. The Hall–Kier alpha value is -9.80. The molecule has 0 radical (unpaired) electrons. The third kappa shape index (κ3) is 15.6. The normalized spacial score (nSPS) is 27.0. The quantitative estimate of drug-likeness (QED) is 0.0467. The predicted octanol–water partition coefficient (Wildman–Crippen LogP) is 17.6. The van der Waals surface area contributed by atoms with E-state index in [1.807, 2.05) is 85.5 Å². The van der Waals surface area contributed by atoms with E-state index >= 15 is 0 Å². The number of hydrogen-bond acceptors (Lipinski definition) is 20. The van der Waals surface area contributed by atoms with Crippen LogP contribution in [0, 0.1) is 47.3 Å². The monoisotopic (exact) mass is 1610 g/mol. The first-order valence-electron chi connectivity index (χ1n) is 44.9. The maximum Gasteiger partial charge on any atom is 0.241 e. The predicted molar refractivity (Wildman–Crippen MR) is 471 cm³/mol. The van der Waals surface area contributed by atoms with Crippen molar-refractivity contribution in [3.05, 3.63) is 204 Å². The second-order valence-corrected chi connectivity index (χ2v) is 35.8. The zero-order chi connectivity index (χ0) is 81.5. The molecule has 120 heavy (non-hydrogen) atoms. The third-order valence-corrected chi connectivity index (χ3v) is 30.1. The van der Waals surface area contributed by atoms with Crippen LogP contribution in [-0.4, -0.2) is 187 Å². The van der Waals surface area contributed by atoms with Crippen LogP contribution < -0.4 is 28.4 Å². The van der Waals surface area contributed by atoms with E-state index < -0.39 is 0 Å². The minimum absolute atomic E-state index is 0.00928. The van der Waals surface area contributed by atoms with Crippen LogP contribution in [0.5, 0.6) is 35.0 Å². The molecule has 20 heteroatoms. The fraction of sp³-hybridized carbons (Fsp3) is 0.480. The Morgan fingerprint density at radius 3 is 0.842 bits per heavy atom. The Bertz CT molecular complexity index is 4960. The second-order valence-electron chi connectivity index (χ2n) is 35.8. The van der Waals surface area contributed by atoms with Crippen molar-refractivity contribution in [2.75, 3.05) is 93.0 Å². The third-order valence-electron chi connectivity index (χ3n) is 30.1. The SMILES string of the molecule is CCC1CN2CCC1CC2[C@@H](COc1nnc(OC[C@@H](c2ccnc3ccc(CO)cc23)[C@H]2C[C@H]3CCN2CC3CC)c2ccccc12)c1ccnc2ccc(OC)cc12.CCC1CN2CCC1C[C@H]2[C@H](COc1nnc(OC[C@H](c2ccnc3ccc(OC)cc23)[C@@H]2C[C@H]3CCN2CC3CC)c2ccccc12)c1ccnc2ccc(CO)cc12. The van der Waals surface area contributed by atoms with Gasteiger partial charge in [0.15, 0.2) is 0 Å². The van der Waals surface area contributed by atoms with Crippen molar-refractivity contribution in [3.8, 4) is 35.0 Å². The number of nitrogens with zero attached hydrogens (tertiary/aromatic N) is 12. The molecule has 6 aromatic heterocycles. The number of rotatable bonds is 28. The molecule has 12 aliphatic rings. The van der Waals surface area contributed by atoms with Gasteiger partial charge in [-0.05, 0) is 267 Å². The van der Waals surface area contributed by atoms with Crippen molar-refractivity contribution in [2.45, 2.75) is 166 Å². The van der Waals surface area contributed by atoms with Crippen LogP contribution in [0.4, 0.5) is 0 Å². The first-order valence-corrected chi connectivity index (χ1v) is 44.9. The molecule has 0 saturated carbocycles.